The summed E-state index contributed by atoms with van der Waals surface area (Å²) in [6.45, 7) is 9.94. The molecule has 0 bridgehead atoms. The smallest absolute Gasteiger partial charge is 0.232 e. The Morgan fingerprint density at radius 3 is 2.75 bits per heavy atom. The van der Waals surface area contributed by atoms with Crippen LogP contribution in [0.2, 0.25) is 0 Å². The number of hydrogen-bond donors (Lipinski definition) is 3. The van der Waals surface area contributed by atoms with Crippen LogP contribution >= 0.6 is 0 Å². The van der Waals surface area contributed by atoms with Gasteiger partial charge in [0, 0.05) is 42.3 Å². The van der Waals surface area contributed by atoms with E-state index in [0.717, 1.165) is 22.4 Å². The molecule has 2 aliphatic heterocycles. The Morgan fingerprint density at radius 2 is 2.06 bits per heavy atom. The third-order valence-corrected chi connectivity index (χ3v) is 7.39. The molecular formula is C28H35N5O3. The fourth-order valence-electron chi connectivity index (χ4n) is 5.68. The van der Waals surface area contributed by atoms with Gasteiger partial charge in [0.05, 0.1) is 12.1 Å². The largest absolute Gasteiger partial charge is 0.487 e. The molecule has 0 radical (unpaired) electrons. The lowest BCUT2D eigenvalue weighted by atomic mass is 9.89. The first-order chi connectivity index (χ1) is 16.9. The van der Waals surface area contributed by atoms with Gasteiger partial charge in [0.1, 0.15) is 11.4 Å². The van der Waals surface area contributed by atoms with Crippen molar-refractivity contribution in [3.8, 4) is 5.75 Å². The SMILES string of the molecule is Cc1ccc2c(c1)OC(C)(C)CC2NC(=O)[C@@H]1C[C@H]1[C@H](c1cccnc1)N1C(=N)NC(C)(C)CC1=O. The summed E-state index contributed by atoms with van der Waals surface area (Å²) in [5, 5.41) is 15.0. The van der Waals surface area contributed by atoms with Crippen molar-refractivity contribution >= 4 is 17.8 Å². The summed E-state index contributed by atoms with van der Waals surface area (Å²) in [4.78, 5) is 32.5. The Kier molecular flexibility index (Phi) is 5.80. The van der Waals surface area contributed by atoms with Crippen LogP contribution in [0.15, 0.2) is 42.7 Å². The summed E-state index contributed by atoms with van der Waals surface area (Å²) in [7, 11) is 0. The van der Waals surface area contributed by atoms with Gasteiger partial charge in [-0.25, -0.2) is 0 Å². The molecule has 190 valence electrons. The van der Waals surface area contributed by atoms with E-state index in [1.54, 1.807) is 12.4 Å². The molecule has 36 heavy (non-hydrogen) atoms. The van der Waals surface area contributed by atoms with E-state index in [0.29, 0.717) is 12.8 Å². The maximum Gasteiger partial charge on any atom is 0.232 e. The third-order valence-electron chi connectivity index (χ3n) is 7.39. The molecule has 1 unspecified atom stereocenters. The van der Waals surface area contributed by atoms with Gasteiger partial charge < -0.3 is 15.4 Å². The second-order valence-electron chi connectivity index (χ2n) is 11.7. The van der Waals surface area contributed by atoms with Crippen LogP contribution in [0.3, 0.4) is 0 Å². The Morgan fingerprint density at radius 1 is 1.28 bits per heavy atom. The Balaban J connectivity index is 1.38. The fraction of sp³-hybridized carbons (Fsp3) is 0.500. The van der Waals surface area contributed by atoms with E-state index < -0.39 is 17.2 Å². The van der Waals surface area contributed by atoms with E-state index in [4.69, 9.17) is 10.1 Å². The molecule has 1 aliphatic carbocycles. The zero-order valence-electron chi connectivity index (χ0n) is 21.6. The van der Waals surface area contributed by atoms with Crippen LogP contribution in [-0.2, 0) is 9.59 Å². The van der Waals surface area contributed by atoms with E-state index in [-0.39, 0.29) is 42.1 Å². The Hall–Kier alpha value is -3.42. The lowest BCUT2D eigenvalue weighted by Gasteiger charge is -2.42. The molecule has 8 heteroatoms. The van der Waals surface area contributed by atoms with Crippen LogP contribution in [0.4, 0.5) is 0 Å². The Labute approximate surface area is 212 Å². The van der Waals surface area contributed by atoms with E-state index in [1.165, 1.54) is 4.90 Å². The van der Waals surface area contributed by atoms with Gasteiger partial charge in [0.2, 0.25) is 11.8 Å². The van der Waals surface area contributed by atoms with Gasteiger partial charge >= 0.3 is 0 Å². The minimum absolute atomic E-state index is 0.0209. The number of fused-ring (bicyclic) bond motifs is 1. The van der Waals surface area contributed by atoms with Gasteiger partial charge in [-0.1, -0.05) is 18.2 Å². The van der Waals surface area contributed by atoms with Gasteiger partial charge in [0.25, 0.3) is 0 Å². The number of amides is 2. The van der Waals surface area contributed by atoms with Crippen LogP contribution < -0.4 is 15.4 Å². The van der Waals surface area contributed by atoms with Crippen LogP contribution in [0.25, 0.3) is 0 Å². The average molecular weight is 490 g/mol. The van der Waals surface area contributed by atoms with Crippen molar-refractivity contribution < 1.29 is 14.3 Å². The predicted octanol–water partition coefficient (Wildman–Crippen LogP) is 4.02. The summed E-state index contributed by atoms with van der Waals surface area (Å²) in [5.74, 6) is 0.425. The molecule has 1 aromatic carbocycles. The van der Waals surface area contributed by atoms with E-state index >= 15 is 0 Å². The molecule has 3 heterocycles. The molecule has 8 nitrogen and oxygen atoms in total. The lowest BCUT2D eigenvalue weighted by Crippen LogP contribution is -2.60. The second-order valence-corrected chi connectivity index (χ2v) is 11.7. The molecule has 4 atom stereocenters. The van der Waals surface area contributed by atoms with Crippen LogP contribution in [-0.4, -0.2) is 38.8 Å². The number of benzene rings is 1. The minimum atomic E-state index is -0.480. The highest BCUT2D eigenvalue weighted by molar-refractivity contribution is 5.99. The van der Waals surface area contributed by atoms with Gasteiger partial charge in [-0.15, -0.1) is 0 Å². The fourth-order valence-corrected chi connectivity index (χ4v) is 5.68. The highest BCUT2D eigenvalue weighted by atomic mass is 16.5. The van der Waals surface area contributed by atoms with Gasteiger partial charge in [-0.05, 0) is 70.2 Å². The highest BCUT2D eigenvalue weighted by Crippen LogP contribution is 2.51. The van der Waals surface area contributed by atoms with Crippen molar-refractivity contribution in [3.63, 3.8) is 0 Å². The first kappa shape index (κ1) is 24.3. The first-order valence-corrected chi connectivity index (χ1v) is 12.6. The van der Waals surface area contributed by atoms with Crippen molar-refractivity contribution in [3.05, 3.63) is 59.4 Å². The van der Waals surface area contributed by atoms with Crippen molar-refractivity contribution in [1.82, 2.24) is 20.5 Å². The average Bonchev–Trinajstić information content (AvgIpc) is 3.55. The predicted molar refractivity (Wildman–Crippen MR) is 136 cm³/mol. The number of guanidine groups is 1. The summed E-state index contributed by atoms with van der Waals surface area (Å²) in [6.07, 6.45) is 5.03. The lowest BCUT2D eigenvalue weighted by molar-refractivity contribution is -0.133. The molecule has 2 amide bonds. The quantitative estimate of drug-likeness (QED) is 0.588. The maximum atomic E-state index is 13.5. The summed E-state index contributed by atoms with van der Waals surface area (Å²) in [6, 6.07) is 9.29. The second kappa shape index (κ2) is 8.61. The number of aromatic nitrogens is 1. The zero-order chi connectivity index (χ0) is 25.8. The zero-order valence-corrected chi connectivity index (χ0v) is 21.6. The number of carbonyl (C=O) groups excluding carboxylic acids is 2. The van der Waals surface area contributed by atoms with Crippen molar-refractivity contribution in [2.75, 3.05) is 0 Å². The molecule has 1 saturated carbocycles. The van der Waals surface area contributed by atoms with Crippen molar-refractivity contribution in [1.29, 1.82) is 5.41 Å². The molecule has 3 aliphatic rings. The van der Waals surface area contributed by atoms with Gasteiger partial charge in [-0.3, -0.25) is 24.9 Å². The first-order valence-electron chi connectivity index (χ1n) is 12.6. The van der Waals surface area contributed by atoms with Gasteiger partial charge in [0.15, 0.2) is 5.96 Å². The van der Waals surface area contributed by atoms with E-state index in [2.05, 4.69) is 15.6 Å². The summed E-state index contributed by atoms with van der Waals surface area (Å²) in [5.41, 5.74) is 2.07. The highest BCUT2D eigenvalue weighted by Gasteiger charge is 2.53. The molecule has 3 N–H and O–H groups in total. The van der Waals surface area contributed by atoms with Crippen molar-refractivity contribution in [2.24, 2.45) is 11.8 Å². The number of pyridine rings is 1. The van der Waals surface area contributed by atoms with Gasteiger partial charge in [-0.2, -0.15) is 0 Å². The van der Waals surface area contributed by atoms with E-state index in [1.807, 2.05) is 65.0 Å². The van der Waals surface area contributed by atoms with Crippen molar-refractivity contribution in [2.45, 2.75) is 77.1 Å². The van der Waals surface area contributed by atoms with Crippen LogP contribution in [0.1, 0.15) is 75.7 Å². The number of carbonyl (C=O) groups is 2. The van der Waals surface area contributed by atoms with Crippen LogP contribution in [0, 0.1) is 24.2 Å². The monoisotopic (exact) mass is 489 g/mol. The molecule has 2 aromatic rings. The molecular weight excluding hydrogens is 454 g/mol. The number of hydrogen-bond acceptors (Lipinski definition) is 5. The Bertz CT molecular complexity index is 1190. The number of aryl methyl sites for hydroxylation is 1. The third kappa shape index (κ3) is 4.68. The van der Waals surface area contributed by atoms with Crippen LogP contribution in [0.5, 0.6) is 5.75 Å². The molecule has 1 saturated heterocycles. The molecule has 1 aromatic heterocycles. The number of ether oxygens (including phenoxy) is 1. The number of nitrogens with zero attached hydrogens (tertiary/aromatic N) is 2. The van der Waals surface area contributed by atoms with E-state index in [9.17, 15) is 9.59 Å². The number of rotatable bonds is 5. The molecule has 0 spiro atoms. The standard InChI is InChI=1S/C28H35N5O3/c1-16-8-9-18-21(13-28(4,5)36-22(18)11-16)31-25(35)20-12-19(20)24(17-7-6-10-30-15-17)33-23(34)14-27(2,3)32-26(33)29/h6-11,15,19-21,24H,12-14H2,1-5H3,(H2,29,32)(H,31,35)/t19-,20-,21?,24+/m1/s1. The molecule has 2 fully saturated rings. The summed E-state index contributed by atoms with van der Waals surface area (Å²) < 4.78 is 6.19. The minimum Gasteiger partial charge on any atom is -0.487 e. The molecule has 5 rings (SSSR count). The normalized spacial score (nSPS) is 26.8. The number of nitrogens with one attached hydrogen (secondary N) is 3. The summed E-state index contributed by atoms with van der Waals surface area (Å²) >= 11 is 0. The maximum absolute atomic E-state index is 13.5. The topological polar surface area (TPSA) is 107 Å².